The van der Waals surface area contributed by atoms with Gasteiger partial charge in [-0.05, 0) is 61.0 Å². The fraction of sp³-hybridized carbons (Fsp3) is 0.739. The van der Waals surface area contributed by atoms with Gasteiger partial charge in [-0.25, -0.2) is 0 Å². The summed E-state index contributed by atoms with van der Waals surface area (Å²) in [5.41, 5.74) is 1.19. The Kier molecular flexibility index (Phi) is 6.63. The molecular formula is C23H36O. The molecule has 3 rings (SSSR count). The van der Waals surface area contributed by atoms with Crippen LogP contribution in [0.2, 0.25) is 0 Å². The first-order valence-corrected chi connectivity index (χ1v) is 10.5. The minimum atomic E-state index is 0.504. The smallest absolute Gasteiger partial charge is 0.119 e. The number of aromatic hydroxyl groups is 1. The highest BCUT2D eigenvalue weighted by molar-refractivity contribution is 5.35. The Bertz CT molecular complexity index is 479. The molecule has 0 aromatic heterocycles. The van der Waals surface area contributed by atoms with Gasteiger partial charge in [-0.15, -0.1) is 0 Å². The van der Waals surface area contributed by atoms with Crippen molar-refractivity contribution in [2.75, 3.05) is 0 Å². The molecular weight excluding hydrogens is 292 g/mol. The van der Waals surface area contributed by atoms with Crippen molar-refractivity contribution in [3.63, 3.8) is 0 Å². The van der Waals surface area contributed by atoms with Crippen LogP contribution in [0, 0.1) is 17.8 Å². The van der Waals surface area contributed by atoms with Crippen LogP contribution < -0.4 is 0 Å². The fourth-order valence-electron chi connectivity index (χ4n) is 5.28. The molecule has 2 fully saturated rings. The van der Waals surface area contributed by atoms with Gasteiger partial charge in [0.1, 0.15) is 5.75 Å². The first kappa shape index (κ1) is 17.8. The summed E-state index contributed by atoms with van der Waals surface area (Å²) in [6.07, 6.45) is 17.0. The van der Waals surface area contributed by atoms with Gasteiger partial charge in [-0.1, -0.05) is 76.5 Å². The SMILES string of the molecule is CCC[C@H]1CC[C@H](CCC2CCC(c3ccccc3O)CC2)CC1. The molecule has 0 amide bonds. The summed E-state index contributed by atoms with van der Waals surface area (Å²) in [4.78, 5) is 0. The van der Waals surface area contributed by atoms with E-state index < -0.39 is 0 Å². The van der Waals surface area contributed by atoms with E-state index in [4.69, 9.17) is 0 Å². The minimum Gasteiger partial charge on any atom is -0.508 e. The fourth-order valence-corrected chi connectivity index (χ4v) is 5.28. The van der Waals surface area contributed by atoms with Crippen molar-refractivity contribution in [2.45, 2.75) is 89.9 Å². The number of rotatable bonds is 6. The van der Waals surface area contributed by atoms with Gasteiger partial charge < -0.3 is 5.11 Å². The third kappa shape index (κ3) is 4.77. The number of phenolic OH excluding ortho intramolecular Hbond substituents is 1. The first-order valence-electron chi connectivity index (χ1n) is 10.5. The third-order valence-electron chi connectivity index (χ3n) is 6.87. The maximum Gasteiger partial charge on any atom is 0.119 e. The summed E-state index contributed by atoms with van der Waals surface area (Å²) in [5, 5.41) is 10.1. The Hall–Kier alpha value is -0.980. The van der Waals surface area contributed by atoms with Crippen LogP contribution in [0.5, 0.6) is 5.75 Å². The van der Waals surface area contributed by atoms with Crippen molar-refractivity contribution >= 4 is 0 Å². The van der Waals surface area contributed by atoms with E-state index in [1.165, 1.54) is 82.6 Å². The molecule has 24 heavy (non-hydrogen) atoms. The van der Waals surface area contributed by atoms with Crippen molar-refractivity contribution < 1.29 is 5.11 Å². The number of hydrogen-bond acceptors (Lipinski definition) is 1. The predicted octanol–water partition coefficient (Wildman–Crippen LogP) is 7.05. The molecule has 134 valence electrons. The van der Waals surface area contributed by atoms with E-state index >= 15 is 0 Å². The maximum absolute atomic E-state index is 10.1. The minimum absolute atomic E-state index is 0.504. The van der Waals surface area contributed by atoms with Gasteiger partial charge in [-0.3, -0.25) is 0 Å². The van der Waals surface area contributed by atoms with Gasteiger partial charge >= 0.3 is 0 Å². The molecule has 2 saturated carbocycles. The van der Waals surface area contributed by atoms with E-state index in [2.05, 4.69) is 19.1 Å². The molecule has 1 nitrogen and oxygen atoms in total. The third-order valence-corrected chi connectivity index (χ3v) is 6.87. The lowest BCUT2D eigenvalue weighted by atomic mass is 9.74. The lowest BCUT2D eigenvalue weighted by Gasteiger charge is -2.32. The number of para-hydroxylation sites is 1. The van der Waals surface area contributed by atoms with Gasteiger partial charge in [0.05, 0.1) is 0 Å². The molecule has 1 aromatic carbocycles. The standard InChI is InChI=1S/C23H36O/c1-2-5-18-8-10-19(11-9-18)12-13-20-14-16-21(17-15-20)22-6-3-4-7-23(22)24/h3-4,6-7,18-21,24H,2,5,8-17H2,1H3/t18-,19-,20?,21?. The van der Waals surface area contributed by atoms with E-state index in [0.29, 0.717) is 11.7 Å². The zero-order chi connectivity index (χ0) is 16.8. The van der Waals surface area contributed by atoms with Crippen LogP contribution in [0.25, 0.3) is 0 Å². The van der Waals surface area contributed by atoms with E-state index in [9.17, 15) is 5.11 Å². The van der Waals surface area contributed by atoms with Crippen molar-refractivity contribution in [3.05, 3.63) is 29.8 Å². The molecule has 0 unspecified atom stereocenters. The summed E-state index contributed by atoms with van der Waals surface area (Å²) in [6, 6.07) is 7.96. The van der Waals surface area contributed by atoms with Crippen LogP contribution in [-0.4, -0.2) is 5.11 Å². The lowest BCUT2D eigenvalue weighted by Crippen LogP contribution is -2.17. The Labute approximate surface area is 148 Å². The molecule has 0 spiro atoms. The van der Waals surface area contributed by atoms with Crippen LogP contribution in [0.4, 0.5) is 0 Å². The van der Waals surface area contributed by atoms with Crippen molar-refractivity contribution in [3.8, 4) is 5.75 Å². The van der Waals surface area contributed by atoms with Crippen LogP contribution in [-0.2, 0) is 0 Å². The second kappa shape index (κ2) is 8.92. The predicted molar refractivity (Wildman–Crippen MR) is 102 cm³/mol. The molecule has 1 heteroatoms. The van der Waals surface area contributed by atoms with Gasteiger partial charge in [0.25, 0.3) is 0 Å². The molecule has 2 aliphatic carbocycles. The second-order valence-corrected chi connectivity index (χ2v) is 8.53. The van der Waals surface area contributed by atoms with Gasteiger partial charge in [-0.2, -0.15) is 0 Å². The highest BCUT2D eigenvalue weighted by Gasteiger charge is 2.26. The molecule has 2 aliphatic rings. The number of benzene rings is 1. The van der Waals surface area contributed by atoms with E-state index in [-0.39, 0.29) is 0 Å². The number of phenols is 1. The molecule has 0 saturated heterocycles. The Morgan fingerprint density at radius 3 is 1.79 bits per heavy atom. The first-order chi connectivity index (χ1) is 11.8. The average molecular weight is 329 g/mol. The monoisotopic (exact) mass is 328 g/mol. The quantitative estimate of drug-likeness (QED) is 0.593. The zero-order valence-electron chi connectivity index (χ0n) is 15.6. The molecule has 0 heterocycles. The highest BCUT2D eigenvalue weighted by Crippen LogP contribution is 2.42. The molecule has 0 atom stereocenters. The Morgan fingerprint density at radius 1 is 0.750 bits per heavy atom. The van der Waals surface area contributed by atoms with Gasteiger partial charge in [0.15, 0.2) is 0 Å². The van der Waals surface area contributed by atoms with Crippen molar-refractivity contribution in [2.24, 2.45) is 17.8 Å². The summed E-state index contributed by atoms with van der Waals surface area (Å²) in [5.74, 6) is 4.10. The molecule has 0 aliphatic heterocycles. The zero-order valence-corrected chi connectivity index (χ0v) is 15.6. The molecule has 0 radical (unpaired) electrons. The Morgan fingerprint density at radius 2 is 1.25 bits per heavy atom. The largest absolute Gasteiger partial charge is 0.508 e. The number of hydrogen-bond donors (Lipinski definition) is 1. The van der Waals surface area contributed by atoms with Gasteiger partial charge in [0.2, 0.25) is 0 Å². The Balaban J connectivity index is 1.37. The van der Waals surface area contributed by atoms with Crippen LogP contribution in [0.1, 0.15) is 95.5 Å². The van der Waals surface area contributed by atoms with E-state index in [1.54, 1.807) is 0 Å². The second-order valence-electron chi connectivity index (χ2n) is 8.53. The maximum atomic E-state index is 10.1. The van der Waals surface area contributed by atoms with E-state index in [0.717, 1.165) is 17.8 Å². The molecule has 1 N–H and O–H groups in total. The van der Waals surface area contributed by atoms with E-state index in [1.807, 2.05) is 12.1 Å². The molecule has 0 bridgehead atoms. The van der Waals surface area contributed by atoms with Gasteiger partial charge in [0, 0.05) is 0 Å². The molecule has 1 aromatic rings. The van der Waals surface area contributed by atoms with Crippen LogP contribution in [0.3, 0.4) is 0 Å². The van der Waals surface area contributed by atoms with Crippen LogP contribution in [0.15, 0.2) is 24.3 Å². The average Bonchev–Trinajstić information content (AvgIpc) is 2.62. The highest BCUT2D eigenvalue weighted by atomic mass is 16.3. The summed E-state index contributed by atoms with van der Waals surface area (Å²) < 4.78 is 0. The summed E-state index contributed by atoms with van der Waals surface area (Å²) in [6.45, 7) is 2.33. The lowest BCUT2D eigenvalue weighted by molar-refractivity contribution is 0.223. The van der Waals surface area contributed by atoms with Crippen LogP contribution >= 0.6 is 0 Å². The van der Waals surface area contributed by atoms with Crippen molar-refractivity contribution in [1.29, 1.82) is 0 Å². The van der Waals surface area contributed by atoms with Crippen molar-refractivity contribution in [1.82, 2.24) is 0 Å². The topological polar surface area (TPSA) is 20.2 Å². The summed E-state index contributed by atoms with van der Waals surface area (Å²) >= 11 is 0. The normalized spacial score (nSPS) is 31.0. The summed E-state index contributed by atoms with van der Waals surface area (Å²) in [7, 11) is 0.